The molecular formula is C13H13FN4O2. The SMILES string of the molecule is N/C=C(/F)C(N)=Nc1ccc2c(c1)NC(=O)C1(CC1)O2. The van der Waals surface area contributed by atoms with Gasteiger partial charge >= 0.3 is 0 Å². The molecule has 104 valence electrons. The zero-order chi connectivity index (χ0) is 14.3. The Kier molecular flexibility index (Phi) is 2.63. The van der Waals surface area contributed by atoms with Crippen molar-refractivity contribution >= 4 is 23.1 Å². The molecule has 0 radical (unpaired) electrons. The predicted octanol–water partition coefficient (Wildman–Crippen LogP) is 1.31. The van der Waals surface area contributed by atoms with E-state index in [1.165, 1.54) is 0 Å². The van der Waals surface area contributed by atoms with Gasteiger partial charge in [0.2, 0.25) is 0 Å². The topological polar surface area (TPSA) is 103 Å². The fourth-order valence-corrected chi connectivity index (χ4v) is 1.99. The number of amidine groups is 1. The van der Waals surface area contributed by atoms with E-state index in [1.54, 1.807) is 18.2 Å². The lowest BCUT2D eigenvalue weighted by molar-refractivity contribution is -0.125. The summed E-state index contributed by atoms with van der Waals surface area (Å²) in [5, 5.41) is 2.76. The van der Waals surface area contributed by atoms with Crippen LogP contribution in [0.15, 0.2) is 35.2 Å². The van der Waals surface area contributed by atoms with Gasteiger partial charge < -0.3 is 21.5 Å². The van der Waals surface area contributed by atoms with E-state index in [0.717, 1.165) is 19.0 Å². The molecule has 1 amide bonds. The molecular weight excluding hydrogens is 263 g/mol. The normalized spacial score (nSPS) is 20.1. The molecule has 1 saturated carbocycles. The second-order valence-corrected chi connectivity index (χ2v) is 4.74. The third-order valence-electron chi connectivity index (χ3n) is 3.28. The van der Waals surface area contributed by atoms with E-state index in [-0.39, 0.29) is 11.7 Å². The molecule has 0 bridgehead atoms. The monoisotopic (exact) mass is 276 g/mol. The Bertz CT molecular complexity index is 650. The van der Waals surface area contributed by atoms with E-state index >= 15 is 0 Å². The Hall–Kier alpha value is -2.57. The van der Waals surface area contributed by atoms with Gasteiger partial charge in [0.05, 0.1) is 11.4 Å². The number of benzene rings is 1. The van der Waals surface area contributed by atoms with Crippen LogP contribution in [0.5, 0.6) is 5.75 Å². The lowest BCUT2D eigenvalue weighted by Crippen LogP contribution is -2.38. The summed E-state index contributed by atoms with van der Waals surface area (Å²) in [5.74, 6) is -0.712. The summed E-state index contributed by atoms with van der Waals surface area (Å²) >= 11 is 0. The maximum Gasteiger partial charge on any atom is 0.268 e. The molecule has 0 unspecified atom stereocenters. The molecule has 0 atom stereocenters. The fraction of sp³-hybridized carbons (Fsp3) is 0.231. The minimum absolute atomic E-state index is 0.160. The van der Waals surface area contributed by atoms with Crippen LogP contribution in [-0.2, 0) is 4.79 Å². The molecule has 7 heteroatoms. The molecule has 0 aromatic heterocycles. The summed E-state index contributed by atoms with van der Waals surface area (Å²) in [4.78, 5) is 15.7. The van der Waals surface area contributed by atoms with Gasteiger partial charge in [-0.15, -0.1) is 0 Å². The van der Waals surface area contributed by atoms with Gasteiger partial charge in [-0.2, -0.15) is 0 Å². The van der Waals surface area contributed by atoms with E-state index in [0.29, 0.717) is 17.1 Å². The van der Waals surface area contributed by atoms with Crippen LogP contribution < -0.4 is 21.5 Å². The molecule has 1 aromatic carbocycles. The number of ether oxygens (including phenoxy) is 1. The molecule has 1 aromatic rings. The lowest BCUT2D eigenvalue weighted by atomic mass is 10.2. The van der Waals surface area contributed by atoms with Crippen molar-refractivity contribution in [1.29, 1.82) is 0 Å². The van der Waals surface area contributed by atoms with Gasteiger partial charge in [-0.05, 0) is 18.2 Å². The minimum Gasteiger partial charge on any atom is -0.475 e. The van der Waals surface area contributed by atoms with E-state index < -0.39 is 11.4 Å². The summed E-state index contributed by atoms with van der Waals surface area (Å²) in [6.07, 6.45) is 2.17. The molecule has 20 heavy (non-hydrogen) atoms. The number of hydrogen-bond donors (Lipinski definition) is 3. The van der Waals surface area contributed by atoms with Crippen molar-refractivity contribution in [3.05, 3.63) is 30.2 Å². The zero-order valence-electron chi connectivity index (χ0n) is 10.5. The third kappa shape index (κ3) is 1.97. The highest BCUT2D eigenvalue weighted by Crippen LogP contribution is 2.47. The number of hydrogen-bond acceptors (Lipinski definition) is 4. The molecule has 1 aliphatic carbocycles. The molecule has 1 fully saturated rings. The molecule has 5 N–H and O–H groups in total. The van der Waals surface area contributed by atoms with Gasteiger partial charge in [-0.25, -0.2) is 9.38 Å². The quantitative estimate of drug-likeness (QED) is 0.559. The van der Waals surface area contributed by atoms with Crippen molar-refractivity contribution in [3.63, 3.8) is 0 Å². The number of rotatable bonds is 2. The molecule has 1 spiro atoms. The van der Waals surface area contributed by atoms with Crippen LogP contribution in [0.25, 0.3) is 0 Å². The highest BCUT2D eigenvalue weighted by Gasteiger charge is 2.55. The average molecular weight is 276 g/mol. The summed E-state index contributed by atoms with van der Waals surface area (Å²) in [6, 6.07) is 4.87. The van der Waals surface area contributed by atoms with Crippen molar-refractivity contribution in [2.45, 2.75) is 18.4 Å². The Balaban J connectivity index is 1.91. The van der Waals surface area contributed by atoms with Crippen LogP contribution in [0.4, 0.5) is 15.8 Å². The minimum atomic E-state index is -0.806. The smallest absolute Gasteiger partial charge is 0.268 e. The Morgan fingerprint density at radius 3 is 2.90 bits per heavy atom. The number of nitrogens with zero attached hydrogens (tertiary/aromatic N) is 1. The van der Waals surface area contributed by atoms with Crippen LogP contribution in [0.3, 0.4) is 0 Å². The molecule has 3 rings (SSSR count). The first-order chi connectivity index (χ1) is 9.54. The fourth-order valence-electron chi connectivity index (χ4n) is 1.99. The largest absolute Gasteiger partial charge is 0.475 e. The third-order valence-corrected chi connectivity index (χ3v) is 3.28. The Morgan fingerprint density at radius 2 is 2.25 bits per heavy atom. The summed E-state index contributed by atoms with van der Waals surface area (Å²) in [7, 11) is 0. The van der Waals surface area contributed by atoms with Crippen molar-refractivity contribution in [1.82, 2.24) is 0 Å². The highest BCUT2D eigenvalue weighted by atomic mass is 19.1. The molecule has 2 aliphatic rings. The van der Waals surface area contributed by atoms with Gasteiger partial charge in [0.1, 0.15) is 5.75 Å². The van der Waals surface area contributed by atoms with E-state index in [2.05, 4.69) is 10.3 Å². The first-order valence-electron chi connectivity index (χ1n) is 6.10. The highest BCUT2D eigenvalue weighted by molar-refractivity contribution is 6.03. The molecule has 1 aliphatic heterocycles. The van der Waals surface area contributed by atoms with Gasteiger partial charge in [-0.3, -0.25) is 4.79 Å². The van der Waals surface area contributed by atoms with Gasteiger partial charge in [0.15, 0.2) is 17.3 Å². The Labute approximate surface area is 114 Å². The van der Waals surface area contributed by atoms with Crippen molar-refractivity contribution < 1.29 is 13.9 Å². The summed E-state index contributed by atoms with van der Waals surface area (Å²) in [6.45, 7) is 0. The number of carbonyl (C=O) groups excluding carboxylic acids is 1. The van der Waals surface area contributed by atoms with Crippen LogP contribution in [-0.4, -0.2) is 17.3 Å². The van der Waals surface area contributed by atoms with Crippen molar-refractivity contribution in [2.75, 3.05) is 5.32 Å². The van der Waals surface area contributed by atoms with Crippen LogP contribution in [0, 0.1) is 0 Å². The molecule has 6 nitrogen and oxygen atoms in total. The maximum atomic E-state index is 13.1. The van der Waals surface area contributed by atoms with Gasteiger partial charge in [0, 0.05) is 19.0 Å². The van der Waals surface area contributed by atoms with Crippen LogP contribution in [0.2, 0.25) is 0 Å². The maximum absolute atomic E-state index is 13.1. The van der Waals surface area contributed by atoms with Crippen LogP contribution in [0.1, 0.15) is 12.8 Å². The van der Waals surface area contributed by atoms with E-state index in [1.807, 2.05) is 0 Å². The van der Waals surface area contributed by atoms with E-state index in [4.69, 9.17) is 16.2 Å². The number of nitrogens with one attached hydrogen (secondary N) is 1. The predicted molar refractivity (Wildman–Crippen MR) is 72.3 cm³/mol. The van der Waals surface area contributed by atoms with Gasteiger partial charge in [-0.1, -0.05) is 0 Å². The number of anilines is 1. The molecule has 1 heterocycles. The second-order valence-electron chi connectivity index (χ2n) is 4.74. The number of aliphatic imine (C=N–C) groups is 1. The number of amides is 1. The summed E-state index contributed by atoms with van der Waals surface area (Å²) in [5.41, 5.74) is 10.6. The molecule has 0 saturated heterocycles. The number of halogens is 1. The lowest BCUT2D eigenvalue weighted by Gasteiger charge is -2.25. The van der Waals surface area contributed by atoms with E-state index in [9.17, 15) is 9.18 Å². The van der Waals surface area contributed by atoms with Gasteiger partial charge in [0.25, 0.3) is 5.91 Å². The first kappa shape index (κ1) is 12.5. The number of nitrogens with two attached hydrogens (primary N) is 2. The van der Waals surface area contributed by atoms with Crippen LogP contribution >= 0.6 is 0 Å². The first-order valence-corrected chi connectivity index (χ1v) is 6.10. The number of fused-ring (bicyclic) bond motifs is 1. The summed E-state index contributed by atoms with van der Waals surface area (Å²) < 4.78 is 18.8. The standard InChI is InChI=1S/C13H13FN4O2/c14-8(6-15)11(16)17-7-1-2-10-9(5-7)18-12(19)13(20-10)3-4-13/h1-2,5-6H,3-4,15H2,(H2,16,17)(H,18,19)/b8-6+. The average Bonchev–Trinajstić information content (AvgIpc) is 3.20. The number of carbonyl (C=O) groups is 1. The Morgan fingerprint density at radius 1 is 1.50 bits per heavy atom. The zero-order valence-corrected chi connectivity index (χ0v) is 10.5. The van der Waals surface area contributed by atoms with Crippen molar-refractivity contribution in [3.8, 4) is 5.75 Å². The van der Waals surface area contributed by atoms with Crippen molar-refractivity contribution in [2.24, 2.45) is 16.5 Å². The second kappa shape index (κ2) is 4.22.